The number of methoxy groups -OCH3 is 1. The Balaban J connectivity index is 2.47. The predicted octanol–water partition coefficient (Wildman–Crippen LogP) is 0.386. The fourth-order valence-corrected chi connectivity index (χ4v) is 1.19. The van der Waals surface area contributed by atoms with E-state index in [4.69, 9.17) is 9.84 Å². The summed E-state index contributed by atoms with van der Waals surface area (Å²) in [5.74, 6) is -0.0704. The van der Waals surface area contributed by atoms with Gasteiger partial charge in [0, 0.05) is 6.08 Å². The second-order valence-corrected chi connectivity index (χ2v) is 3.52. The zero-order chi connectivity index (χ0) is 13.4. The summed E-state index contributed by atoms with van der Waals surface area (Å²) < 4.78 is 5.01. The normalized spacial score (nSPS) is 10.3. The quantitative estimate of drug-likeness (QED) is 0.715. The van der Waals surface area contributed by atoms with E-state index in [-0.39, 0.29) is 12.5 Å². The van der Waals surface area contributed by atoms with E-state index < -0.39 is 12.4 Å². The molecule has 0 saturated carbocycles. The van der Waals surface area contributed by atoms with Gasteiger partial charge in [-0.15, -0.1) is 0 Å². The van der Waals surface area contributed by atoms with Crippen molar-refractivity contribution in [3.8, 4) is 5.75 Å². The Morgan fingerprint density at radius 1 is 1.33 bits per heavy atom. The van der Waals surface area contributed by atoms with Gasteiger partial charge in [0.25, 0.3) is 0 Å². The third-order valence-electron chi connectivity index (χ3n) is 2.18. The maximum Gasteiger partial charge on any atom is 0.244 e. The van der Waals surface area contributed by atoms with E-state index in [1.165, 1.54) is 6.08 Å². The molecule has 0 aliphatic rings. The third-order valence-corrected chi connectivity index (χ3v) is 2.18. The SMILES string of the molecule is COc1ccc(/C=C/C(=O)NCC(=O)CO)cc1. The second-order valence-electron chi connectivity index (χ2n) is 3.52. The summed E-state index contributed by atoms with van der Waals surface area (Å²) in [4.78, 5) is 22.1. The van der Waals surface area contributed by atoms with Crippen molar-refractivity contribution < 1.29 is 19.4 Å². The predicted molar refractivity (Wildman–Crippen MR) is 67.1 cm³/mol. The molecule has 0 radical (unpaired) electrons. The van der Waals surface area contributed by atoms with Crippen molar-refractivity contribution in [2.75, 3.05) is 20.3 Å². The number of nitrogens with one attached hydrogen (secondary N) is 1. The first-order chi connectivity index (χ1) is 8.65. The molecule has 0 aromatic heterocycles. The Morgan fingerprint density at radius 2 is 2.00 bits per heavy atom. The highest BCUT2D eigenvalue weighted by molar-refractivity contribution is 5.94. The summed E-state index contributed by atoms with van der Waals surface area (Å²) in [6, 6.07) is 7.18. The molecule has 0 spiro atoms. The summed E-state index contributed by atoms with van der Waals surface area (Å²) in [6.07, 6.45) is 2.95. The maximum absolute atomic E-state index is 11.3. The van der Waals surface area contributed by atoms with Gasteiger partial charge in [-0.1, -0.05) is 12.1 Å². The summed E-state index contributed by atoms with van der Waals surface area (Å²) in [7, 11) is 1.58. The lowest BCUT2D eigenvalue weighted by Gasteiger charge is -2.00. The minimum absolute atomic E-state index is 0.164. The van der Waals surface area contributed by atoms with Crippen LogP contribution < -0.4 is 10.1 Å². The van der Waals surface area contributed by atoms with Gasteiger partial charge < -0.3 is 15.2 Å². The van der Waals surface area contributed by atoms with Crippen molar-refractivity contribution >= 4 is 17.8 Å². The molecular weight excluding hydrogens is 234 g/mol. The van der Waals surface area contributed by atoms with E-state index in [0.717, 1.165) is 11.3 Å². The molecule has 1 aromatic rings. The molecule has 0 aliphatic heterocycles. The van der Waals surface area contributed by atoms with Gasteiger partial charge in [-0.05, 0) is 23.8 Å². The van der Waals surface area contributed by atoms with E-state index in [1.807, 2.05) is 12.1 Å². The van der Waals surface area contributed by atoms with Crippen molar-refractivity contribution in [1.82, 2.24) is 5.32 Å². The number of ether oxygens (including phenoxy) is 1. The second kappa shape index (κ2) is 7.24. The van der Waals surface area contributed by atoms with Crippen molar-refractivity contribution in [2.45, 2.75) is 0 Å². The lowest BCUT2D eigenvalue weighted by Crippen LogP contribution is -2.29. The minimum Gasteiger partial charge on any atom is -0.497 e. The zero-order valence-electron chi connectivity index (χ0n) is 10.1. The number of rotatable bonds is 6. The summed E-state index contributed by atoms with van der Waals surface area (Å²) in [6.45, 7) is -0.731. The fraction of sp³-hybridized carbons (Fsp3) is 0.231. The summed E-state index contributed by atoms with van der Waals surface area (Å²) in [5, 5.41) is 10.8. The van der Waals surface area contributed by atoms with E-state index >= 15 is 0 Å². The van der Waals surface area contributed by atoms with Crippen molar-refractivity contribution in [2.24, 2.45) is 0 Å². The van der Waals surface area contributed by atoms with Gasteiger partial charge in [0.2, 0.25) is 5.91 Å². The number of benzene rings is 1. The van der Waals surface area contributed by atoms with Gasteiger partial charge in [-0.25, -0.2) is 0 Å². The number of amides is 1. The largest absolute Gasteiger partial charge is 0.497 e. The van der Waals surface area contributed by atoms with E-state index in [1.54, 1.807) is 25.3 Å². The van der Waals surface area contributed by atoms with E-state index in [0.29, 0.717) is 0 Å². The van der Waals surface area contributed by atoms with Gasteiger partial charge in [0.1, 0.15) is 12.4 Å². The Labute approximate surface area is 105 Å². The van der Waals surface area contributed by atoms with Crippen LogP contribution in [0.1, 0.15) is 5.56 Å². The number of aliphatic hydroxyl groups is 1. The maximum atomic E-state index is 11.3. The van der Waals surface area contributed by atoms with Crippen LogP contribution in [0.2, 0.25) is 0 Å². The van der Waals surface area contributed by atoms with Crippen molar-refractivity contribution in [3.63, 3.8) is 0 Å². The fourth-order valence-electron chi connectivity index (χ4n) is 1.19. The molecule has 0 atom stereocenters. The molecule has 0 unspecified atom stereocenters. The molecule has 2 N–H and O–H groups in total. The number of carbonyl (C=O) groups is 2. The van der Waals surface area contributed by atoms with Crippen LogP contribution in [0.25, 0.3) is 6.08 Å². The smallest absolute Gasteiger partial charge is 0.244 e. The van der Waals surface area contributed by atoms with Gasteiger partial charge >= 0.3 is 0 Å². The third kappa shape index (κ3) is 4.80. The molecule has 1 amide bonds. The standard InChI is InChI=1S/C13H15NO4/c1-18-12-5-2-10(3-6-12)4-7-13(17)14-8-11(16)9-15/h2-7,15H,8-9H2,1H3,(H,14,17)/b7-4+. The number of carbonyl (C=O) groups excluding carboxylic acids is 2. The molecule has 18 heavy (non-hydrogen) atoms. The molecule has 1 aromatic carbocycles. The van der Waals surface area contributed by atoms with Gasteiger partial charge in [-0.2, -0.15) is 0 Å². The van der Waals surface area contributed by atoms with Gasteiger partial charge in [0.05, 0.1) is 13.7 Å². The average molecular weight is 249 g/mol. The Kier molecular flexibility index (Phi) is 5.60. The Morgan fingerprint density at radius 3 is 2.56 bits per heavy atom. The number of hydrogen-bond acceptors (Lipinski definition) is 4. The van der Waals surface area contributed by atoms with Gasteiger partial charge in [-0.3, -0.25) is 9.59 Å². The van der Waals surface area contributed by atoms with Gasteiger partial charge in [0.15, 0.2) is 5.78 Å². The molecule has 5 heteroatoms. The van der Waals surface area contributed by atoms with Crippen LogP contribution in [-0.2, 0) is 9.59 Å². The van der Waals surface area contributed by atoms with E-state index in [2.05, 4.69) is 5.32 Å². The number of ketones is 1. The number of Topliss-reactive ketones (excluding diaryl/α,β-unsaturated/α-hetero) is 1. The van der Waals surface area contributed by atoms with Crippen LogP contribution in [0, 0.1) is 0 Å². The summed E-state index contributed by atoms with van der Waals surface area (Å²) in [5.41, 5.74) is 0.847. The van der Waals surface area contributed by atoms with Crippen LogP contribution >= 0.6 is 0 Å². The lowest BCUT2D eigenvalue weighted by atomic mass is 10.2. The molecule has 1 rings (SSSR count). The van der Waals surface area contributed by atoms with Crippen molar-refractivity contribution in [1.29, 1.82) is 0 Å². The Bertz CT molecular complexity index is 437. The highest BCUT2D eigenvalue weighted by Crippen LogP contribution is 2.11. The van der Waals surface area contributed by atoms with Crippen LogP contribution in [0.3, 0.4) is 0 Å². The highest BCUT2D eigenvalue weighted by Gasteiger charge is 2.00. The Hall–Kier alpha value is -2.14. The highest BCUT2D eigenvalue weighted by atomic mass is 16.5. The van der Waals surface area contributed by atoms with Crippen LogP contribution in [-0.4, -0.2) is 37.1 Å². The first-order valence-corrected chi connectivity index (χ1v) is 5.38. The molecular formula is C13H15NO4. The molecule has 0 aliphatic carbocycles. The van der Waals surface area contributed by atoms with Crippen LogP contribution in [0.4, 0.5) is 0 Å². The van der Waals surface area contributed by atoms with Crippen molar-refractivity contribution in [3.05, 3.63) is 35.9 Å². The number of aliphatic hydroxyl groups excluding tert-OH is 1. The molecule has 5 nitrogen and oxygen atoms in total. The van der Waals surface area contributed by atoms with Crippen LogP contribution in [0.15, 0.2) is 30.3 Å². The molecule has 0 saturated heterocycles. The molecule has 96 valence electrons. The minimum atomic E-state index is -0.567. The topological polar surface area (TPSA) is 75.6 Å². The average Bonchev–Trinajstić information content (AvgIpc) is 2.42. The first kappa shape index (κ1) is 13.9. The first-order valence-electron chi connectivity index (χ1n) is 5.38. The molecule has 0 heterocycles. The van der Waals surface area contributed by atoms with Crippen LogP contribution in [0.5, 0.6) is 5.75 Å². The monoisotopic (exact) mass is 249 g/mol. The molecule has 0 bridgehead atoms. The van der Waals surface area contributed by atoms with E-state index in [9.17, 15) is 9.59 Å². The molecule has 0 fully saturated rings. The zero-order valence-corrected chi connectivity index (χ0v) is 10.1. The number of hydrogen-bond donors (Lipinski definition) is 2. The summed E-state index contributed by atoms with van der Waals surface area (Å²) >= 11 is 0. The lowest BCUT2D eigenvalue weighted by molar-refractivity contribution is -0.124.